The van der Waals surface area contributed by atoms with Crippen LogP contribution in [0.25, 0.3) is 0 Å². The minimum atomic E-state index is -0.236. The number of alkyl halides is 1. The predicted molar refractivity (Wildman–Crippen MR) is 66.5 cm³/mol. The lowest BCUT2D eigenvalue weighted by atomic mass is 10.4. The Bertz CT molecular complexity index is 508. The van der Waals surface area contributed by atoms with Crippen LogP contribution in [0.2, 0.25) is 0 Å². The van der Waals surface area contributed by atoms with Crippen LogP contribution in [0, 0.1) is 6.92 Å². The van der Waals surface area contributed by atoms with Crippen LogP contribution in [0.4, 0.5) is 5.13 Å². The number of carbonyl (C=O) groups excluding carboxylic acids is 1. The van der Waals surface area contributed by atoms with Crippen LogP contribution in [0.5, 0.6) is 0 Å². The molecule has 0 aliphatic carbocycles. The first kappa shape index (κ1) is 11.5. The Hall–Kier alpha value is -0.980. The summed E-state index contributed by atoms with van der Waals surface area (Å²) >= 11 is 8.41. The van der Waals surface area contributed by atoms with Gasteiger partial charge in [0.05, 0.1) is 16.6 Å². The summed E-state index contributed by atoms with van der Waals surface area (Å²) in [4.78, 5) is 19.9. The highest BCUT2D eigenvalue weighted by Crippen LogP contribution is 2.18. The van der Waals surface area contributed by atoms with Gasteiger partial charge in [-0.15, -0.1) is 34.3 Å². The Labute approximate surface area is 105 Å². The first-order valence-electron chi connectivity index (χ1n) is 4.43. The van der Waals surface area contributed by atoms with Crippen LogP contribution < -0.4 is 5.32 Å². The molecule has 2 aromatic heterocycles. The highest BCUT2D eigenvalue weighted by molar-refractivity contribution is 7.14. The van der Waals surface area contributed by atoms with E-state index in [1.807, 2.05) is 12.3 Å². The SMILES string of the molecule is Cc1nc(C(=O)Nc2nc(CCl)cs2)cs1. The lowest BCUT2D eigenvalue weighted by Gasteiger charge is -1.96. The van der Waals surface area contributed by atoms with Crippen molar-refractivity contribution in [1.29, 1.82) is 0 Å². The van der Waals surface area contributed by atoms with Gasteiger partial charge in [-0.25, -0.2) is 9.97 Å². The predicted octanol–water partition coefficient (Wildman–Crippen LogP) is 2.90. The number of nitrogens with zero attached hydrogens (tertiary/aromatic N) is 2. The molecule has 0 bridgehead atoms. The number of carbonyl (C=O) groups is 1. The van der Waals surface area contributed by atoms with Crippen LogP contribution in [0.15, 0.2) is 10.8 Å². The number of thiazole rings is 2. The van der Waals surface area contributed by atoms with Gasteiger partial charge in [-0.05, 0) is 6.92 Å². The van der Waals surface area contributed by atoms with E-state index in [0.29, 0.717) is 16.7 Å². The third-order valence-corrected chi connectivity index (χ3v) is 3.61. The molecular formula is C9H8ClN3OS2. The van der Waals surface area contributed by atoms with Gasteiger partial charge in [0.1, 0.15) is 5.69 Å². The Morgan fingerprint density at radius 1 is 1.44 bits per heavy atom. The third kappa shape index (κ3) is 2.58. The van der Waals surface area contributed by atoms with Gasteiger partial charge in [-0.1, -0.05) is 0 Å². The molecule has 0 aliphatic rings. The van der Waals surface area contributed by atoms with Crippen molar-refractivity contribution in [2.75, 3.05) is 5.32 Å². The Balaban J connectivity index is 2.07. The molecule has 0 atom stereocenters. The Kier molecular flexibility index (Phi) is 3.52. The highest BCUT2D eigenvalue weighted by atomic mass is 35.5. The van der Waals surface area contributed by atoms with E-state index in [4.69, 9.17) is 11.6 Å². The molecule has 2 rings (SSSR count). The summed E-state index contributed by atoms with van der Waals surface area (Å²) in [6.45, 7) is 1.86. The first-order valence-corrected chi connectivity index (χ1v) is 6.72. The van der Waals surface area contributed by atoms with E-state index in [-0.39, 0.29) is 5.91 Å². The normalized spacial score (nSPS) is 10.4. The summed E-state index contributed by atoms with van der Waals surface area (Å²) in [5, 5.41) is 7.63. The minimum absolute atomic E-state index is 0.236. The van der Waals surface area contributed by atoms with Crippen molar-refractivity contribution in [3.8, 4) is 0 Å². The zero-order valence-electron chi connectivity index (χ0n) is 8.36. The van der Waals surface area contributed by atoms with Gasteiger partial charge in [0.15, 0.2) is 5.13 Å². The molecule has 0 unspecified atom stereocenters. The van der Waals surface area contributed by atoms with Crippen LogP contribution in [-0.2, 0) is 5.88 Å². The van der Waals surface area contributed by atoms with Crippen LogP contribution in [-0.4, -0.2) is 15.9 Å². The van der Waals surface area contributed by atoms with Crippen molar-refractivity contribution in [2.24, 2.45) is 0 Å². The fraction of sp³-hybridized carbons (Fsp3) is 0.222. The number of halogens is 1. The zero-order valence-corrected chi connectivity index (χ0v) is 10.7. The van der Waals surface area contributed by atoms with Gasteiger partial charge in [0.25, 0.3) is 5.91 Å². The molecule has 0 radical (unpaired) electrons. The molecule has 4 nitrogen and oxygen atoms in total. The number of rotatable bonds is 3. The molecular weight excluding hydrogens is 266 g/mol. The van der Waals surface area contributed by atoms with Gasteiger partial charge in [0, 0.05) is 10.8 Å². The second-order valence-electron chi connectivity index (χ2n) is 2.98. The maximum Gasteiger partial charge on any atom is 0.276 e. The molecule has 1 N–H and O–H groups in total. The number of nitrogens with one attached hydrogen (secondary N) is 1. The third-order valence-electron chi connectivity index (χ3n) is 1.76. The molecule has 0 saturated carbocycles. The van der Waals surface area contributed by atoms with Gasteiger partial charge >= 0.3 is 0 Å². The smallest absolute Gasteiger partial charge is 0.276 e. The van der Waals surface area contributed by atoms with Crippen LogP contribution in [0.1, 0.15) is 21.2 Å². The number of amides is 1. The molecule has 0 fully saturated rings. The molecule has 84 valence electrons. The van der Waals surface area contributed by atoms with Gasteiger partial charge in [-0.2, -0.15) is 0 Å². The molecule has 0 spiro atoms. The van der Waals surface area contributed by atoms with Gasteiger partial charge in [-0.3, -0.25) is 10.1 Å². The largest absolute Gasteiger partial charge is 0.296 e. The lowest BCUT2D eigenvalue weighted by molar-refractivity contribution is 0.102. The van der Waals surface area contributed by atoms with Crippen molar-refractivity contribution in [1.82, 2.24) is 9.97 Å². The zero-order chi connectivity index (χ0) is 11.5. The van der Waals surface area contributed by atoms with E-state index in [1.165, 1.54) is 22.7 Å². The summed E-state index contributed by atoms with van der Waals surface area (Å²) in [7, 11) is 0. The van der Waals surface area contributed by atoms with E-state index < -0.39 is 0 Å². The minimum Gasteiger partial charge on any atom is -0.296 e. The van der Waals surface area contributed by atoms with Crippen molar-refractivity contribution < 1.29 is 4.79 Å². The number of hydrogen-bond donors (Lipinski definition) is 1. The molecule has 16 heavy (non-hydrogen) atoms. The molecule has 0 aliphatic heterocycles. The van der Waals surface area contributed by atoms with Crippen molar-refractivity contribution in [2.45, 2.75) is 12.8 Å². The standard InChI is InChI=1S/C9H8ClN3OS2/c1-5-11-7(4-15-5)8(14)13-9-12-6(2-10)3-16-9/h3-4H,2H2,1H3,(H,12,13,14). The summed E-state index contributed by atoms with van der Waals surface area (Å²) < 4.78 is 0. The number of aryl methyl sites for hydroxylation is 1. The summed E-state index contributed by atoms with van der Waals surface area (Å²) in [6, 6.07) is 0. The van der Waals surface area contributed by atoms with E-state index in [0.717, 1.165) is 10.7 Å². The van der Waals surface area contributed by atoms with Crippen LogP contribution in [0.3, 0.4) is 0 Å². The van der Waals surface area contributed by atoms with E-state index in [1.54, 1.807) is 5.38 Å². The van der Waals surface area contributed by atoms with Gasteiger partial charge < -0.3 is 0 Å². The molecule has 2 aromatic rings. The molecule has 0 aromatic carbocycles. The van der Waals surface area contributed by atoms with Crippen LogP contribution >= 0.6 is 34.3 Å². The summed E-state index contributed by atoms with van der Waals surface area (Å²) in [5.74, 6) is 0.113. The monoisotopic (exact) mass is 273 g/mol. The second kappa shape index (κ2) is 4.90. The lowest BCUT2D eigenvalue weighted by Crippen LogP contribution is -2.12. The average Bonchev–Trinajstić information content (AvgIpc) is 2.87. The number of anilines is 1. The molecule has 1 amide bonds. The van der Waals surface area contributed by atoms with Gasteiger partial charge in [0.2, 0.25) is 0 Å². The van der Waals surface area contributed by atoms with E-state index >= 15 is 0 Å². The molecule has 0 saturated heterocycles. The van der Waals surface area contributed by atoms with Crippen molar-refractivity contribution in [3.05, 3.63) is 27.2 Å². The Morgan fingerprint density at radius 2 is 2.25 bits per heavy atom. The number of aromatic nitrogens is 2. The quantitative estimate of drug-likeness (QED) is 0.875. The maximum atomic E-state index is 11.7. The fourth-order valence-corrected chi connectivity index (χ4v) is 2.58. The van der Waals surface area contributed by atoms with Crippen molar-refractivity contribution in [3.63, 3.8) is 0 Å². The van der Waals surface area contributed by atoms with E-state index in [2.05, 4.69) is 15.3 Å². The second-order valence-corrected chi connectivity index (χ2v) is 5.17. The Morgan fingerprint density at radius 3 is 2.81 bits per heavy atom. The van der Waals surface area contributed by atoms with Crippen molar-refractivity contribution >= 4 is 45.3 Å². The topological polar surface area (TPSA) is 54.9 Å². The average molecular weight is 274 g/mol. The summed E-state index contributed by atoms with van der Waals surface area (Å²) in [5.41, 5.74) is 1.18. The number of hydrogen-bond acceptors (Lipinski definition) is 5. The summed E-state index contributed by atoms with van der Waals surface area (Å²) in [6.07, 6.45) is 0. The first-order chi connectivity index (χ1) is 7.69. The molecule has 7 heteroatoms. The fourth-order valence-electron chi connectivity index (χ4n) is 1.05. The molecule has 2 heterocycles. The highest BCUT2D eigenvalue weighted by Gasteiger charge is 2.11. The van der Waals surface area contributed by atoms with E-state index in [9.17, 15) is 4.79 Å². The maximum absolute atomic E-state index is 11.7.